The van der Waals surface area contributed by atoms with Crippen LogP contribution in [-0.2, 0) is 0 Å². The van der Waals surface area contributed by atoms with E-state index >= 15 is 0 Å². The summed E-state index contributed by atoms with van der Waals surface area (Å²) in [4.78, 5) is 7.91. The molecular formula is C22H23N3OS2. The molecule has 144 valence electrons. The molecule has 1 fully saturated rings. The third-order valence-electron chi connectivity index (χ3n) is 4.82. The lowest BCUT2D eigenvalue weighted by Gasteiger charge is -2.29. The fourth-order valence-corrected chi connectivity index (χ4v) is 4.73. The van der Waals surface area contributed by atoms with Crippen molar-refractivity contribution in [2.75, 3.05) is 0 Å². The van der Waals surface area contributed by atoms with Crippen LogP contribution in [0.15, 0.2) is 75.2 Å². The largest absolute Gasteiger partial charge is 0.452 e. The number of nitrogens with zero attached hydrogens (tertiary/aromatic N) is 2. The molecular weight excluding hydrogens is 386 g/mol. The minimum atomic E-state index is -0.0422. The van der Waals surface area contributed by atoms with Gasteiger partial charge in [0, 0.05) is 17.1 Å². The van der Waals surface area contributed by atoms with Crippen molar-refractivity contribution in [2.24, 2.45) is 0 Å². The van der Waals surface area contributed by atoms with Crippen molar-refractivity contribution in [3.8, 4) is 0 Å². The number of rotatable bonds is 5. The monoisotopic (exact) mass is 409 g/mol. The number of thiocarbonyl (C=S) groups is 1. The zero-order chi connectivity index (χ0) is 19.7. The Morgan fingerprint density at radius 2 is 1.89 bits per heavy atom. The Morgan fingerprint density at radius 1 is 1.11 bits per heavy atom. The number of aromatic nitrogens is 1. The van der Waals surface area contributed by atoms with E-state index in [1.54, 1.807) is 11.8 Å². The third kappa shape index (κ3) is 3.80. The van der Waals surface area contributed by atoms with Crippen molar-refractivity contribution in [1.29, 1.82) is 0 Å². The van der Waals surface area contributed by atoms with Crippen molar-refractivity contribution in [3.63, 3.8) is 0 Å². The van der Waals surface area contributed by atoms with Crippen LogP contribution in [-0.4, -0.2) is 21.0 Å². The third-order valence-corrected chi connectivity index (χ3v) is 6.08. The maximum atomic E-state index is 6.28. The molecule has 6 heteroatoms. The first-order valence-corrected chi connectivity index (χ1v) is 10.6. The van der Waals surface area contributed by atoms with E-state index in [-0.39, 0.29) is 18.1 Å². The number of benzene rings is 1. The van der Waals surface area contributed by atoms with Gasteiger partial charge in [-0.05, 0) is 69.4 Å². The highest BCUT2D eigenvalue weighted by atomic mass is 32.2. The van der Waals surface area contributed by atoms with Crippen LogP contribution in [0.5, 0.6) is 0 Å². The first-order valence-electron chi connectivity index (χ1n) is 9.37. The average Bonchev–Trinajstić information content (AvgIpc) is 3.28. The fraction of sp³-hybridized carbons (Fsp3) is 0.273. The molecule has 1 aliphatic rings. The van der Waals surface area contributed by atoms with E-state index < -0.39 is 0 Å². The summed E-state index contributed by atoms with van der Waals surface area (Å²) in [5.41, 5.74) is 2.21. The van der Waals surface area contributed by atoms with Gasteiger partial charge in [-0.25, -0.2) is 0 Å². The number of aryl methyl sites for hydroxylation is 1. The molecule has 2 atom stereocenters. The van der Waals surface area contributed by atoms with Crippen LogP contribution in [0, 0.1) is 6.92 Å². The Hall–Kier alpha value is -2.31. The maximum absolute atomic E-state index is 6.28. The van der Waals surface area contributed by atoms with Crippen LogP contribution < -0.4 is 5.32 Å². The molecule has 1 N–H and O–H groups in total. The molecule has 0 saturated carbocycles. The molecule has 28 heavy (non-hydrogen) atoms. The lowest BCUT2D eigenvalue weighted by atomic mass is 10.0. The van der Waals surface area contributed by atoms with E-state index in [0.717, 1.165) is 26.6 Å². The summed E-state index contributed by atoms with van der Waals surface area (Å²) in [5, 5.41) is 5.05. The molecule has 3 heterocycles. The minimum absolute atomic E-state index is 0.0326. The molecule has 2 aromatic heterocycles. The molecule has 1 saturated heterocycles. The number of hydrogen-bond donors (Lipinski definition) is 1. The van der Waals surface area contributed by atoms with Gasteiger partial charge in [-0.1, -0.05) is 35.5 Å². The topological polar surface area (TPSA) is 41.3 Å². The smallest absolute Gasteiger partial charge is 0.170 e. The zero-order valence-electron chi connectivity index (χ0n) is 16.1. The van der Waals surface area contributed by atoms with Crippen LogP contribution in [0.2, 0.25) is 0 Å². The zero-order valence-corrected chi connectivity index (χ0v) is 17.8. The van der Waals surface area contributed by atoms with Crippen LogP contribution in [0.3, 0.4) is 0 Å². The van der Waals surface area contributed by atoms with E-state index in [2.05, 4.69) is 66.3 Å². The van der Waals surface area contributed by atoms with E-state index in [9.17, 15) is 0 Å². The first kappa shape index (κ1) is 19.0. The van der Waals surface area contributed by atoms with E-state index in [0.29, 0.717) is 0 Å². The van der Waals surface area contributed by atoms with E-state index in [4.69, 9.17) is 16.6 Å². The summed E-state index contributed by atoms with van der Waals surface area (Å²) in [6, 6.07) is 18.7. The molecule has 0 spiro atoms. The Morgan fingerprint density at radius 3 is 2.57 bits per heavy atom. The standard InChI is InChI=1S/C22H23N3OS2/c1-14(2)25-21(20(24-22(25)27)17-6-4-5-13-23-17)18-11-12-19(26-18)28-16-9-7-15(3)8-10-16/h4-14,20-21H,1-3H3,(H,24,27)/t20-,21+/m0/s1. The summed E-state index contributed by atoms with van der Waals surface area (Å²) in [6.45, 7) is 6.38. The van der Waals surface area contributed by atoms with Crippen molar-refractivity contribution in [1.82, 2.24) is 15.2 Å². The molecule has 0 amide bonds. The van der Waals surface area contributed by atoms with Gasteiger partial charge in [-0.2, -0.15) is 0 Å². The van der Waals surface area contributed by atoms with Gasteiger partial charge in [0.25, 0.3) is 0 Å². The first-order chi connectivity index (χ1) is 13.5. The van der Waals surface area contributed by atoms with Crippen LogP contribution in [0.4, 0.5) is 0 Å². The van der Waals surface area contributed by atoms with Gasteiger partial charge in [0.2, 0.25) is 0 Å². The van der Waals surface area contributed by atoms with Crippen molar-refractivity contribution in [2.45, 2.75) is 48.9 Å². The molecule has 0 aliphatic carbocycles. The van der Waals surface area contributed by atoms with Gasteiger partial charge < -0.3 is 14.6 Å². The summed E-state index contributed by atoms with van der Waals surface area (Å²) < 4.78 is 6.28. The predicted molar refractivity (Wildman–Crippen MR) is 116 cm³/mol. The quantitative estimate of drug-likeness (QED) is 0.560. The second-order valence-corrected chi connectivity index (χ2v) is 8.66. The van der Waals surface area contributed by atoms with Crippen LogP contribution >= 0.6 is 24.0 Å². The van der Waals surface area contributed by atoms with Crippen LogP contribution in [0.1, 0.15) is 42.9 Å². The molecule has 1 aromatic carbocycles. The van der Waals surface area contributed by atoms with Gasteiger partial charge >= 0.3 is 0 Å². The number of hydrogen-bond acceptors (Lipinski definition) is 4. The number of furan rings is 1. The van der Waals surface area contributed by atoms with Gasteiger partial charge in [-0.15, -0.1) is 0 Å². The van der Waals surface area contributed by atoms with E-state index in [1.807, 2.05) is 30.5 Å². The predicted octanol–water partition coefficient (Wildman–Crippen LogP) is 5.52. The molecule has 0 unspecified atom stereocenters. The Kier molecular flexibility index (Phi) is 5.42. The summed E-state index contributed by atoms with van der Waals surface area (Å²) >= 11 is 7.26. The number of pyridine rings is 1. The highest BCUT2D eigenvalue weighted by molar-refractivity contribution is 7.99. The molecule has 4 rings (SSSR count). The lowest BCUT2D eigenvalue weighted by molar-refractivity contribution is 0.227. The van der Waals surface area contributed by atoms with Crippen molar-refractivity contribution in [3.05, 3.63) is 77.8 Å². The molecule has 3 aromatic rings. The summed E-state index contributed by atoms with van der Waals surface area (Å²) in [7, 11) is 0. The summed E-state index contributed by atoms with van der Waals surface area (Å²) in [5.74, 6) is 0.895. The minimum Gasteiger partial charge on any atom is -0.452 e. The molecule has 4 nitrogen and oxygen atoms in total. The lowest BCUT2D eigenvalue weighted by Crippen LogP contribution is -2.35. The van der Waals surface area contributed by atoms with E-state index in [1.165, 1.54) is 5.56 Å². The van der Waals surface area contributed by atoms with Gasteiger partial charge in [-0.3, -0.25) is 4.98 Å². The second kappa shape index (κ2) is 7.97. The Balaban J connectivity index is 1.65. The molecule has 0 bridgehead atoms. The Labute approximate surface area is 175 Å². The SMILES string of the molecule is Cc1ccc(Sc2ccc([C@@H]3[C@H](c4ccccn4)NC(=S)N3C(C)C)o2)cc1. The van der Waals surface area contributed by atoms with Crippen molar-refractivity contribution >= 4 is 29.1 Å². The number of nitrogens with one attached hydrogen (secondary N) is 1. The molecule has 1 aliphatic heterocycles. The average molecular weight is 410 g/mol. The van der Waals surface area contributed by atoms with Gasteiger partial charge in [0.05, 0.1) is 11.7 Å². The van der Waals surface area contributed by atoms with Gasteiger partial charge in [0.15, 0.2) is 10.2 Å². The maximum Gasteiger partial charge on any atom is 0.170 e. The normalized spacial score (nSPS) is 19.3. The van der Waals surface area contributed by atoms with Crippen LogP contribution in [0.25, 0.3) is 0 Å². The highest BCUT2D eigenvalue weighted by Crippen LogP contribution is 2.42. The Bertz CT molecular complexity index is 953. The highest BCUT2D eigenvalue weighted by Gasteiger charge is 2.42. The fourth-order valence-electron chi connectivity index (χ4n) is 3.50. The summed E-state index contributed by atoms with van der Waals surface area (Å²) in [6.07, 6.45) is 1.82. The molecule has 0 radical (unpaired) electrons. The van der Waals surface area contributed by atoms with Gasteiger partial charge in [0.1, 0.15) is 11.8 Å². The second-order valence-electron chi connectivity index (χ2n) is 7.20. The van der Waals surface area contributed by atoms with Crippen molar-refractivity contribution < 1.29 is 4.42 Å².